The molecule has 0 heterocycles. The fraction of sp³-hybridized carbons (Fsp3) is 0.0714. The molecule has 5 heteroatoms. The van der Waals surface area contributed by atoms with Crippen molar-refractivity contribution < 1.29 is 4.39 Å². The molecule has 0 fully saturated rings. The zero-order valence-electron chi connectivity index (χ0n) is 9.97. The van der Waals surface area contributed by atoms with Gasteiger partial charge in [0, 0.05) is 10.2 Å². The molecule has 2 nitrogen and oxygen atoms in total. The number of nitrogens with zero attached hydrogens (tertiary/aromatic N) is 1. The van der Waals surface area contributed by atoms with Crippen LogP contribution in [-0.2, 0) is 0 Å². The second kappa shape index (κ2) is 5.60. The zero-order chi connectivity index (χ0) is 14.0. The predicted octanol–water partition coefficient (Wildman–Crippen LogP) is 5.17. The lowest BCUT2D eigenvalue weighted by molar-refractivity contribution is 0.627. The van der Waals surface area contributed by atoms with Crippen LogP contribution in [0.15, 0.2) is 34.8 Å². The smallest absolute Gasteiger partial charge is 0.125 e. The quantitative estimate of drug-likeness (QED) is 0.819. The molecule has 2 aromatic rings. The average Bonchev–Trinajstić information content (AvgIpc) is 2.34. The lowest BCUT2D eigenvalue weighted by Crippen LogP contribution is -1.95. The Bertz CT molecular complexity index is 657. The molecular weight excluding hydrogens is 331 g/mol. The van der Waals surface area contributed by atoms with Crippen molar-refractivity contribution in [2.45, 2.75) is 6.92 Å². The normalized spacial score (nSPS) is 10.1. The number of nitriles is 1. The van der Waals surface area contributed by atoms with E-state index in [-0.39, 0.29) is 5.02 Å². The molecule has 0 atom stereocenters. The first-order chi connectivity index (χ1) is 9.01. The second-order valence-corrected chi connectivity index (χ2v) is 5.27. The van der Waals surface area contributed by atoms with E-state index in [4.69, 9.17) is 16.9 Å². The first-order valence-electron chi connectivity index (χ1n) is 5.43. The third-order valence-corrected chi connectivity index (χ3v) is 3.55. The molecule has 96 valence electrons. The van der Waals surface area contributed by atoms with E-state index in [1.54, 1.807) is 12.1 Å². The largest absolute Gasteiger partial charge is 0.353 e. The summed E-state index contributed by atoms with van der Waals surface area (Å²) >= 11 is 9.26. The van der Waals surface area contributed by atoms with Crippen molar-refractivity contribution in [2.75, 3.05) is 5.32 Å². The van der Waals surface area contributed by atoms with Gasteiger partial charge in [-0.3, -0.25) is 0 Å². The van der Waals surface area contributed by atoms with Crippen LogP contribution < -0.4 is 5.32 Å². The van der Waals surface area contributed by atoms with Crippen molar-refractivity contribution >= 4 is 38.9 Å². The number of aryl methyl sites for hydroxylation is 1. The van der Waals surface area contributed by atoms with Gasteiger partial charge in [-0.15, -0.1) is 0 Å². The highest BCUT2D eigenvalue weighted by atomic mass is 79.9. The van der Waals surface area contributed by atoms with Crippen molar-refractivity contribution in [2.24, 2.45) is 0 Å². The van der Waals surface area contributed by atoms with Gasteiger partial charge >= 0.3 is 0 Å². The maximum absolute atomic E-state index is 13.1. The maximum Gasteiger partial charge on any atom is 0.125 e. The molecule has 0 saturated carbocycles. The minimum absolute atomic E-state index is 0.286. The highest BCUT2D eigenvalue weighted by Crippen LogP contribution is 2.34. The SMILES string of the molecule is Cc1cc(Nc2c(Cl)cc(F)cc2Br)ccc1C#N. The maximum atomic E-state index is 13.1. The summed E-state index contributed by atoms with van der Waals surface area (Å²) in [6, 6.07) is 10.0. The zero-order valence-corrected chi connectivity index (χ0v) is 12.3. The summed E-state index contributed by atoms with van der Waals surface area (Å²) in [5.41, 5.74) is 2.86. The van der Waals surface area contributed by atoms with Crippen LogP contribution in [0.5, 0.6) is 0 Å². The van der Waals surface area contributed by atoms with E-state index in [0.29, 0.717) is 15.7 Å². The number of hydrogen-bond donors (Lipinski definition) is 1. The van der Waals surface area contributed by atoms with Gasteiger partial charge in [-0.1, -0.05) is 11.6 Å². The minimum Gasteiger partial charge on any atom is -0.353 e. The van der Waals surface area contributed by atoms with Crippen molar-refractivity contribution in [1.82, 2.24) is 0 Å². The molecule has 0 radical (unpaired) electrons. The van der Waals surface area contributed by atoms with Gasteiger partial charge in [0.2, 0.25) is 0 Å². The van der Waals surface area contributed by atoms with E-state index < -0.39 is 5.82 Å². The standard InChI is InChI=1S/C14H9BrClFN2/c1-8-4-11(3-2-9(8)7-18)19-14-12(15)5-10(17)6-13(14)16/h2-6,19H,1H3. The molecule has 2 rings (SSSR count). The molecule has 0 spiro atoms. The molecule has 0 unspecified atom stereocenters. The Morgan fingerprint density at radius 1 is 1.32 bits per heavy atom. The summed E-state index contributed by atoms with van der Waals surface area (Å²) in [4.78, 5) is 0. The number of nitrogens with one attached hydrogen (secondary N) is 1. The molecule has 2 aromatic carbocycles. The van der Waals surface area contributed by atoms with E-state index in [0.717, 1.165) is 11.3 Å². The third-order valence-electron chi connectivity index (χ3n) is 2.62. The first kappa shape index (κ1) is 13.9. The highest BCUT2D eigenvalue weighted by Gasteiger charge is 2.09. The second-order valence-electron chi connectivity index (χ2n) is 4.01. The Hall–Kier alpha value is -1.57. The molecule has 0 bridgehead atoms. The molecular formula is C14H9BrClFN2. The van der Waals surface area contributed by atoms with Crippen LogP contribution in [0, 0.1) is 24.1 Å². The molecule has 0 aliphatic heterocycles. The van der Waals surface area contributed by atoms with E-state index in [2.05, 4.69) is 27.3 Å². The third kappa shape index (κ3) is 3.06. The van der Waals surface area contributed by atoms with Crippen LogP contribution in [0.2, 0.25) is 5.02 Å². The van der Waals surface area contributed by atoms with Gasteiger partial charge in [0.15, 0.2) is 0 Å². The Balaban J connectivity index is 2.37. The van der Waals surface area contributed by atoms with Gasteiger partial charge in [-0.2, -0.15) is 5.26 Å². The molecule has 19 heavy (non-hydrogen) atoms. The van der Waals surface area contributed by atoms with Crippen molar-refractivity contribution in [3.63, 3.8) is 0 Å². The van der Waals surface area contributed by atoms with E-state index in [1.165, 1.54) is 12.1 Å². The molecule has 0 aromatic heterocycles. The fourth-order valence-corrected chi connectivity index (χ4v) is 2.57. The summed E-state index contributed by atoms with van der Waals surface area (Å²) in [5, 5.41) is 12.3. The Kier molecular flexibility index (Phi) is 4.08. The number of halogens is 3. The summed E-state index contributed by atoms with van der Waals surface area (Å²) in [7, 11) is 0. The number of hydrogen-bond acceptors (Lipinski definition) is 2. The monoisotopic (exact) mass is 338 g/mol. The van der Waals surface area contributed by atoms with Gasteiger partial charge in [0.25, 0.3) is 0 Å². The van der Waals surface area contributed by atoms with Gasteiger partial charge in [-0.25, -0.2) is 4.39 Å². The van der Waals surface area contributed by atoms with Crippen LogP contribution >= 0.6 is 27.5 Å². The van der Waals surface area contributed by atoms with Crippen LogP contribution in [0.25, 0.3) is 0 Å². The number of anilines is 2. The number of rotatable bonds is 2. The summed E-state index contributed by atoms with van der Waals surface area (Å²) in [6.45, 7) is 1.85. The Labute approximate surface area is 123 Å². The highest BCUT2D eigenvalue weighted by molar-refractivity contribution is 9.10. The van der Waals surface area contributed by atoms with Crippen molar-refractivity contribution in [3.8, 4) is 6.07 Å². The van der Waals surface area contributed by atoms with Crippen molar-refractivity contribution in [1.29, 1.82) is 5.26 Å². The van der Waals surface area contributed by atoms with E-state index in [1.807, 2.05) is 13.0 Å². The van der Waals surface area contributed by atoms with Gasteiger partial charge in [0.1, 0.15) is 5.82 Å². The Morgan fingerprint density at radius 3 is 2.63 bits per heavy atom. The first-order valence-corrected chi connectivity index (χ1v) is 6.60. The van der Waals surface area contributed by atoms with Gasteiger partial charge in [0.05, 0.1) is 22.3 Å². The summed E-state index contributed by atoms with van der Waals surface area (Å²) in [5.74, 6) is -0.404. The number of benzene rings is 2. The lowest BCUT2D eigenvalue weighted by atomic mass is 10.1. The summed E-state index contributed by atoms with van der Waals surface area (Å²) < 4.78 is 13.7. The topological polar surface area (TPSA) is 35.8 Å². The van der Waals surface area contributed by atoms with Crippen LogP contribution in [0.4, 0.5) is 15.8 Å². The molecule has 0 saturated heterocycles. The predicted molar refractivity (Wildman–Crippen MR) is 78.3 cm³/mol. The lowest BCUT2D eigenvalue weighted by Gasteiger charge is -2.11. The molecule has 1 N–H and O–H groups in total. The average molecular weight is 340 g/mol. The summed E-state index contributed by atoms with van der Waals surface area (Å²) in [6.07, 6.45) is 0. The van der Waals surface area contributed by atoms with E-state index >= 15 is 0 Å². The molecule has 0 amide bonds. The Morgan fingerprint density at radius 2 is 2.05 bits per heavy atom. The van der Waals surface area contributed by atoms with Gasteiger partial charge in [-0.05, 0) is 58.7 Å². The van der Waals surface area contributed by atoms with Crippen LogP contribution in [-0.4, -0.2) is 0 Å². The van der Waals surface area contributed by atoms with E-state index in [9.17, 15) is 4.39 Å². The van der Waals surface area contributed by atoms with Crippen molar-refractivity contribution in [3.05, 3.63) is 56.8 Å². The molecule has 0 aliphatic rings. The molecule has 0 aliphatic carbocycles. The van der Waals surface area contributed by atoms with Crippen LogP contribution in [0.3, 0.4) is 0 Å². The van der Waals surface area contributed by atoms with Crippen LogP contribution in [0.1, 0.15) is 11.1 Å². The minimum atomic E-state index is -0.404. The fourth-order valence-electron chi connectivity index (χ4n) is 1.67. The van der Waals surface area contributed by atoms with Gasteiger partial charge < -0.3 is 5.32 Å².